The molecule has 116 valence electrons. The first-order valence-electron chi connectivity index (χ1n) is 6.94. The summed E-state index contributed by atoms with van der Waals surface area (Å²) in [5.41, 5.74) is 0.777. The number of nitrogens with one attached hydrogen (secondary N) is 1. The summed E-state index contributed by atoms with van der Waals surface area (Å²) in [7, 11) is -3.62. The van der Waals surface area contributed by atoms with E-state index in [1.54, 1.807) is 18.2 Å². The molecule has 0 aromatic heterocycles. The van der Waals surface area contributed by atoms with Crippen molar-refractivity contribution in [1.29, 1.82) is 0 Å². The first-order chi connectivity index (χ1) is 10.6. The van der Waals surface area contributed by atoms with Crippen LogP contribution in [-0.4, -0.2) is 21.2 Å². The quantitative estimate of drug-likeness (QED) is 0.630. The van der Waals surface area contributed by atoms with Crippen LogP contribution in [0.4, 0.5) is 0 Å². The van der Waals surface area contributed by atoms with Crippen molar-refractivity contribution in [1.82, 2.24) is 4.83 Å². The Kier molecular flexibility index (Phi) is 5.55. The number of benzene rings is 2. The van der Waals surface area contributed by atoms with E-state index >= 15 is 0 Å². The largest absolute Gasteiger partial charge is 0.494 e. The van der Waals surface area contributed by atoms with E-state index in [0.717, 1.165) is 17.7 Å². The fourth-order valence-electron chi connectivity index (χ4n) is 1.69. The van der Waals surface area contributed by atoms with E-state index in [-0.39, 0.29) is 4.90 Å². The normalized spacial score (nSPS) is 11.5. The lowest BCUT2D eigenvalue weighted by molar-refractivity contribution is 0.317. The summed E-state index contributed by atoms with van der Waals surface area (Å²) in [4.78, 5) is 2.36. The molecule has 0 amide bonds. The highest BCUT2D eigenvalue weighted by Crippen LogP contribution is 2.11. The Labute approximate surface area is 130 Å². The summed E-state index contributed by atoms with van der Waals surface area (Å²) in [6.45, 7) is 2.71. The maximum Gasteiger partial charge on any atom is 0.276 e. The number of sulfonamides is 1. The Hall–Kier alpha value is -2.34. The Bertz CT molecular complexity index is 711. The van der Waals surface area contributed by atoms with Gasteiger partial charge in [-0.2, -0.15) is 13.5 Å². The number of nitrogens with zero attached hydrogens (tertiary/aromatic N) is 1. The van der Waals surface area contributed by atoms with Gasteiger partial charge in [0.15, 0.2) is 0 Å². The molecular formula is C16H18N2O3S. The van der Waals surface area contributed by atoms with Crippen LogP contribution in [0.2, 0.25) is 0 Å². The van der Waals surface area contributed by atoms with Gasteiger partial charge in [-0.1, -0.05) is 25.1 Å². The zero-order valence-electron chi connectivity index (χ0n) is 12.3. The number of rotatable bonds is 7. The second-order valence-electron chi connectivity index (χ2n) is 4.58. The lowest BCUT2D eigenvalue weighted by Gasteiger charge is -2.04. The van der Waals surface area contributed by atoms with Crippen molar-refractivity contribution in [2.24, 2.45) is 5.10 Å². The van der Waals surface area contributed by atoms with Crippen LogP contribution in [0.25, 0.3) is 0 Å². The maximum absolute atomic E-state index is 11.9. The number of hydrogen-bond acceptors (Lipinski definition) is 4. The zero-order valence-corrected chi connectivity index (χ0v) is 13.1. The highest BCUT2D eigenvalue weighted by Gasteiger charge is 2.10. The second-order valence-corrected chi connectivity index (χ2v) is 6.24. The van der Waals surface area contributed by atoms with Gasteiger partial charge in [-0.15, -0.1) is 0 Å². The molecule has 22 heavy (non-hydrogen) atoms. The SMILES string of the molecule is CCCOc1ccc(/C=N/NS(=O)(=O)c2ccccc2)cc1. The molecule has 0 radical (unpaired) electrons. The molecule has 0 atom stereocenters. The van der Waals surface area contributed by atoms with Gasteiger partial charge in [-0.05, 0) is 48.4 Å². The van der Waals surface area contributed by atoms with Gasteiger partial charge < -0.3 is 4.74 Å². The fourth-order valence-corrected chi connectivity index (χ4v) is 2.50. The van der Waals surface area contributed by atoms with E-state index in [9.17, 15) is 8.42 Å². The first-order valence-corrected chi connectivity index (χ1v) is 8.43. The molecule has 0 unspecified atom stereocenters. The highest BCUT2D eigenvalue weighted by atomic mass is 32.2. The summed E-state index contributed by atoms with van der Waals surface area (Å²) in [6.07, 6.45) is 2.40. The van der Waals surface area contributed by atoms with E-state index in [4.69, 9.17) is 4.74 Å². The van der Waals surface area contributed by atoms with Gasteiger partial charge >= 0.3 is 0 Å². The molecule has 0 spiro atoms. The third-order valence-corrected chi connectivity index (χ3v) is 4.03. The topological polar surface area (TPSA) is 67.8 Å². The molecule has 5 nitrogen and oxygen atoms in total. The van der Waals surface area contributed by atoms with Crippen molar-refractivity contribution >= 4 is 16.2 Å². The first kappa shape index (κ1) is 16.0. The van der Waals surface area contributed by atoms with Crippen LogP contribution in [-0.2, 0) is 10.0 Å². The number of hydrogen-bond donors (Lipinski definition) is 1. The Morgan fingerprint density at radius 1 is 1.09 bits per heavy atom. The van der Waals surface area contributed by atoms with Gasteiger partial charge in [0, 0.05) is 0 Å². The third-order valence-electron chi connectivity index (χ3n) is 2.79. The fraction of sp³-hybridized carbons (Fsp3) is 0.188. The average molecular weight is 318 g/mol. The van der Waals surface area contributed by atoms with Crippen molar-refractivity contribution in [3.63, 3.8) is 0 Å². The van der Waals surface area contributed by atoms with Gasteiger partial charge in [0.2, 0.25) is 0 Å². The van der Waals surface area contributed by atoms with Crippen LogP contribution in [0.5, 0.6) is 5.75 Å². The average Bonchev–Trinajstić information content (AvgIpc) is 2.55. The summed E-state index contributed by atoms with van der Waals surface area (Å²) in [5, 5.41) is 3.78. The van der Waals surface area contributed by atoms with E-state index in [2.05, 4.69) is 9.93 Å². The molecule has 2 aromatic carbocycles. The Morgan fingerprint density at radius 3 is 2.41 bits per heavy atom. The van der Waals surface area contributed by atoms with Crippen LogP contribution in [0.1, 0.15) is 18.9 Å². The van der Waals surface area contributed by atoms with Crippen molar-refractivity contribution in [2.45, 2.75) is 18.2 Å². The molecule has 2 rings (SSSR count). The van der Waals surface area contributed by atoms with Crippen molar-refractivity contribution in [3.05, 3.63) is 60.2 Å². The molecule has 1 N–H and O–H groups in total. The molecular weight excluding hydrogens is 300 g/mol. The molecule has 0 aliphatic rings. The summed E-state index contributed by atoms with van der Waals surface area (Å²) < 4.78 is 29.4. The van der Waals surface area contributed by atoms with Gasteiger partial charge in [0.1, 0.15) is 5.75 Å². The van der Waals surface area contributed by atoms with Crippen LogP contribution in [0, 0.1) is 0 Å². The number of hydrazone groups is 1. The molecule has 2 aromatic rings. The summed E-state index contributed by atoms with van der Waals surface area (Å²) in [6, 6.07) is 15.4. The van der Waals surface area contributed by atoms with Crippen LogP contribution in [0.15, 0.2) is 64.6 Å². The zero-order chi connectivity index (χ0) is 15.8. The molecule has 0 bridgehead atoms. The molecule has 0 heterocycles. The lowest BCUT2D eigenvalue weighted by Crippen LogP contribution is -2.18. The monoisotopic (exact) mass is 318 g/mol. The van der Waals surface area contributed by atoms with Gasteiger partial charge in [0.05, 0.1) is 17.7 Å². The minimum Gasteiger partial charge on any atom is -0.494 e. The number of ether oxygens (including phenoxy) is 1. The minimum absolute atomic E-state index is 0.176. The van der Waals surface area contributed by atoms with E-state index in [1.165, 1.54) is 18.3 Å². The maximum atomic E-state index is 11.9. The predicted octanol–water partition coefficient (Wildman–Crippen LogP) is 2.79. The van der Waals surface area contributed by atoms with Crippen molar-refractivity contribution in [3.8, 4) is 5.75 Å². The standard InChI is InChI=1S/C16H18N2O3S/c1-2-12-21-15-10-8-14(9-11-15)13-17-18-22(19,20)16-6-4-3-5-7-16/h3-11,13,18H,2,12H2,1H3/b17-13+. The Balaban J connectivity index is 1.97. The van der Waals surface area contributed by atoms with Crippen molar-refractivity contribution < 1.29 is 13.2 Å². The van der Waals surface area contributed by atoms with Gasteiger partial charge in [0.25, 0.3) is 10.0 Å². The predicted molar refractivity (Wildman–Crippen MR) is 86.6 cm³/mol. The van der Waals surface area contributed by atoms with E-state index < -0.39 is 10.0 Å². The minimum atomic E-state index is -3.62. The second kappa shape index (κ2) is 7.61. The van der Waals surface area contributed by atoms with Crippen LogP contribution >= 0.6 is 0 Å². The molecule has 0 aliphatic heterocycles. The lowest BCUT2D eigenvalue weighted by atomic mass is 10.2. The molecule has 0 saturated heterocycles. The summed E-state index contributed by atoms with van der Waals surface area (Å²) in [5.74, 6) is 0.781. The van der Waals surface area contributed by atoms with Crippen LogP contribution in [0.3, 0.4) is 0 Å². The smallest absolute Gasteiger partial charge is 0.276 e. The van der Waals surface area contributed by atoms with Gasteiger partial charge in [-0.25, -0.2) is 4.83 Å². The highest BCUT2D eigenvalue weighted by molar-refractivity contribution is 7.89. The van der Waals surface area contributed by atoms with E-state index in [1.807, 2.05) is 31.2 Å². The molecule has 0 aliphatic carbocycles. The molecule has 0 saturated carbocycles. The molecule has 0 fully saturated rings. The van der Waals surface area contributed by atoms with E-state index in [0.29, 0.717) is 6.61 Å². The van der Waals surface area contributed by atoms with Crippen molar-refractivity contribution in [2.75, 3.05) is 6.61 Å². The third kappa shape index (κ3) is 4.60. The summed E-state index contributed by atoms with van der Waals surface area (Å²) >= 11 is 0. The van der Waals surface area contributed by atoms with Crippen LogP contribution < -0.4 is 9.57 Å². The Morgan fingerprint density at radius 2 is 1.77 bits per heavy atom. The van der Waals surface area contributed by atoms with Gasteiger partial charge in [-0.3, -0.25) is 0 Å². The molecule has 6 heteroatoms.